The maximum absolute atomic E-state index is 0. The molecule has 0 rings (SSSR count). The summed E-state index contributed by atoms with van der Waals surface area (Å²) in [4.78, 5) is 0. The van der Waals surface area contributed by atoms with Gasteiger partial charge in [0.15, 0.2) is 0 Å². The quantitative estimate of drug-likeness (QED) is 0.294. The zero-order chi connectivity index (χ0) is 0. The van der Waals surface area contributed by atoms with E-state index in [0.717, 1.165) is 0 Å². The zero-order valence-corrected chi connectivity index (χ0v) is 6.50. The van der Waals surface area contributed by atoms with Crippen molar-refractivity contribution in [1.29, 1.82) is 0 Å². The van der Waals surface area contributed by atoms with Crippen molar-refractivity contribution in [2.24, 2.45) is 0 Å². The van der Waals surface area contributed by atoms with Crippen LogP contribution in [-0.4, -0.2) is 38.3 Å². The van der Waals surface area contributed by atoms with Gasteiger partial charge in [-0.05, 0) is 0 Å². The molecule has 0 aromatic heterocycles. The molecule has 0 aromatic rings. The molecule has 0 saturated carbocycles. The third-order valence-electron chi connectivity index (χ3n) is 0. The summed E-state index contributed by atoms with van der Waals surface area (Å²) in [6.07, 6.45) is 0. The molecule has 58 valence electrons. The van der Waals surface area contributed by atoms with Gasteiger partial charge in [-0.2, -0.15) is 0 Å². The van der Waals surface area contributed by atoms with Gasteiger partial charge in [-0.25, -0.2) is 0 Å². The molecule has 0 unspecified atom stereocenters. The van der Waals surface area contributed by atoms with E-state index < -0.39 is 0 Å². The molecular weight excluding hydrogens is 135 g/mol. The molecule has 0 atom stereocenters. The van der Waals surface area contributed by atoms with Crippen molar-refractivity contribution in [1.82, 2.24) is 0 Å². The maximum Gasteiger partial charge on any atom is 1.00 e. The molecular formula is H16NaO7+. The van der Waals surface area contributed by atoms with Crippen LogP contribution in [0.3, 0.4) is 0 Å². The first-order valence-corrected chi connectivity index (χ1v) is 0. The molecule has 0 aromatic carbocycles. The Balaban J connectivity index is 0. The molecule has 0 bridgehead atoms. The maximum atomic E-state index is 0. The van der Waals surface area contributed by atoms with Gasteiger partial charge in [-0.15, -0.1) is 0 Å². The van der Waals surface area contributed by atoms with E-state index in [1.54, 1.807) is 0 Å². The number of rotatable bonds is 0. The predicted molar refractivity (Wildman–Crippen MR) is 27.5 cm³/mol. The van der Waals surface area contributed by atoms with Crippen molar-refractivity contribution in [2.45, 2.75) is 0 Å². The Hall–Kier alpha value is 0.720. The Morgan fingerprint density at radius 3 is 0.500 bits per heavy atom. The molecule has 0 fully saturated rings. The van der Waals surface area contributed by atoms with E-state index in [1.807, 2.05) is 0 Å². The van der Waals surface area contributed by atoms with Gasteiger partial charge >= 0.3 is 31.0 Å². The summed E-state index contributed by atoms with van der Waals surface area (Å²) >= 11 is 0. The average Bonchev–Trinajstić information content (AvgIpc) is 0. The van der Waals surface area contributed by atoms with Gasteiger partial charge < -0.3 is 39.8 Å². The summed E-state index contributed by atoms with van der Waals surface area (Å²) in [5, 5.41) is 0. The summed E-state index contributed by atoms with van der Waals surface area (Å²) in [6.45, 7) is 0. The smallest absolute Gasteiger partial charge is 1.00 e. The molecule has 0 aliphatic rings. The summed E-state index contributed by atoms with van der Waals surface area (Å²) < 4.78 is 0. The second kappa shape index (κ2) is 672. The van der Waals surface area contributed by atoms with E-state index in [0.29, 0.717) is 0 Å². The predicted octanol–water partition coefficient (Wildman–Crippen LogP) is -8.54. The second-order valence-corrected chi connectivity index (χ2v) is 0. The van der Waals surface area contributed by atoms with Crippen molar-refractivity contribution in [3.8, 4) is 0 Å². The molecule has 14 N–H and O–H groups in total. The van der Waals surface area contributed by atoms with E-state index in [9.17, 15) is 0 Å². The third kappa shape index (κ3) is 424. The minimum absolute atomic E-state index is 0. The second-order valence-electron chi connectivity index (χ2n) is 0. The molecule has 0 saturated heterocycles. The van der Waals surface area contributed by atoms with Crippen LogP contribution >= 0.6 is 0 Å². The Morgan fingerprint density at radius 2 is 0.500 bits per heavy atom. The van der Waals surface area contributed by atoms with Crippen LogP contribution in [0, 0.1) is 0 Å². The molecule has 0 aliphatic carbocycles. The van der Waals surface area contributed by atoms with Crippen molar-refractivity contribution in [3.63, 3.8) is 0 Å². The van der Waals surface area contributed by atoms with E-state index in [1.165, 1.54) is 0 Å². The van der Waals surface area contributed by atoms with Crippen LogP contribution in [0.15, 0.2) is 0 Å². The zero-order valence-electron chi connectivity index (χ0n) is 6.50. The SMILES string of the molecule is O.O.O.O.O.O.O.[H+].[H-].[Na+]. The minimum atomic E-state index is 0. The fourth-order valence-electron chi connectivity index (χ4n) is 0. The molecule has 7 nitrogen and oxygen atoms in total. The standard InChI is InChI=1S/Na.7H2O.H/h;7*1H2;/q+1;;;;;;;;-1/p+1. The van der Waals surface area contributed by atoms with Crippen LogP contribution in [0.2, 0.25) is 0 Å². The van der Waals surface area contributed by atoms with Crippen LogP contribution in [0.1, 0.15) is 2.85 Å². The van der Waals surface area contributed by atoms with E-state index in [4.69, 9.17) is 0 Å². The van der Waals surface area contributed by atoms with Crippen LogP contribution in [0.25, 0.3) is 0 Å². The van der Waals surface area contributed by atoms with Crippen LogP contribution in [0.5, 0.6) is 0 Å². The molecule has 0 spiro atoms. The summed E-state index contributed by atoms with van der Waals surface area (Å²) in [6, 6.07) is 0. The minimum Gasteiger partial charge on any atom is -1.00 e. The van der Waals surface area contributed by atoms with Gasteiger partial charge in [0, 0.05) is 0 Å². The Morgan fingerprint density at radius 1 is 0.500 bits per heavy atom. The van der Waals surface area contributed by atoms with Gasteiger partial charge in [0.25, 0.3) is 0 Å². The largest absolute Gasteiger partial charge is 1.00 e. The first-order valence-electron chi connectivity index (χ1n) is 0. The van der Waals surface area contributed by atoms with Gasteiger partial charge in [-0.1, -0.05) is 0 Å². The fourth-order valence-corrected chi connectivity index (χ4v) is 0. The van der Waals surface area contributed by atoms with Crippen LogP contribution in [-0.2, 0) is 0 Å². The Labute approximate surface area is 71.1 Å². The summed E-state index contributed by atoms with van der Waals surface area (Å²) in [5.74, 6) is 0. The van der Waals surface area contributed by atoms with E-state index in [2.05, 4.69) is 0 Å². The summed E-state index contributed by atoms with van der Waals surface area (Å²) in [5.41, 5.74) is 0. The normalized spacial score (nSPS) is 0. The fraction of sp³-hybridized carbons (Fsp3) is 0. The molecule has 0 amide bonds. The summed E-state index contributed by atoms with van der Waals surface area (Å²) in [7, 11) is 0. The third-order valence-corrected chi connectivity index (χ3v) is 0. The number of hydrogen-bond donors (Lipinski definition) is 0. The van der Waals surface area contributed by atoms with Gasteiger partial charge in [0.05, 0.1) is 0 Å². The Bertz CT molecular complexity index is 11.6. The molecule has 0 radical (unpaired) electrons. The first kappa shape index (κ1) is 1000. The van der Waals surface area contributed by atoms with Crippen molar-refractivity contribution < 1.29 is 70.7 Å². The van der Waals surface area contributed by atoms with Crippen molar-refractivity contribution in [2.75, 3.05) is 0 Å². The van der Waals surface area contributed by atoms with Crippen molar-refractivity contribution in [3.05, 3.63) is 0 Å². The number of hydrogen-bond acceptors (Lipinski definition) is 0. The first-order chi connectivity index (χ1) is 0. The van der Waals surface area contributed by atoms with E-state index in [-0.39, 0.29) is 70.7 Å². The molecule has 0 heterocycles. The van der Waals surface area contributed by atoms with Crippen LogP contribution < -0.4 is 29.6 Å². The van der Waals surface area contributed by atoms with Crippen LogP contribution in [0.4, 0.5) is 0 Å². The molecule has 8 heavy (non-hydrogen) atoms. The van der Waals surface area contributed by atoms with E-state index >= 15 is 0 Å². The van der Waals surface area contributed by atoms with Crippen molar-refractivity contribution >= 4 is 0 Å². The molecule has 0 aliphatic heterocycles. The van der Waals surface area contributed by atoms with Gasteiger partial charge in [0.1, 0.15) is 0 Å². The average molecular weight is 151 g/mol. The van der Waals surface area contributed by atoms with Gasteiger partial charge in [0.2, 0.25) is 0 Å². The van der Waals surface area contributed by atoms with Gasteiger partial charge in [-0.3, -0.25) is 0 Å². The Kier molecular flexibility index (Phi) is 84300. The topological polar surface area (TPSA) is 220 Å². The monoisotopic (exact) mass is 151 g/mol. The molecule has 8 heteroatoms.